The molecule has 0 N–H and O–H groups in total. The first-order valence-electron chi connectivity index (χ1n) is 9.50. The van der Waals surface area contributed by atoms with Crippen LogP contribution in [0.15, 0.2) is 66.8 Å². The lowest BCUT2D eigenvalue weighted by molar-refractivity contribution is 0.414. The lowest BCUT2D eigenvalue weighted by atomic mass is 9.88. The maximum absolute atomic E-state index is 5.29. The molecule has 2 aliphatic rings. The number of benzene rings is 2. The number of hydrogen-bond acceptors (Lipinski definition) is 2. The third-order valence-corrected chi connectivity index (χ3v) is 5.53. The van der Waals surface area contributed by atoms with E-state index in [1.165, 1.54) is 33.5 Å². The molecule has 27 heavy (non-hydrogen) atoms. The molecule has 3 nitrogen and oxygen atoms in total. The number of aryl methyl sites for hydroxylation is 1. The van der Waals surface area contributed by atoms with Gasteiger partial charge in [0.25, 0.3) is 0 Å². The minimum absolute atomic E-state index is 0.770. The van der Waals surface area contributed by atoms with E-state index in [1.54, 1.807) is 7.11 Å². The van der Waals surface area contributed by atoms with Gasteiger partial charge in [-0.1, -0.05) is 54.6 Å². The molecule has 3 heteroatoms. The molecule has 2 aromatic carbocycles. The Balaban J connectivity index is 1.61. The van der Waals surface area contributed by atoms with Gasteiger partial charge in [-0.25, -0.2) is 0 Å². The van der Waals surface area contributed by atoms with E-state index in [9.17, 15) is 0 Å². The molecule has 3 aromatic rings. The second kappa shape index (κ2) is 6.58. The number of aromatic nitrogens is 2. The van der Waals surface area contributed by atoms with Crippen LogP contribution in [-0.4, -0.2) is 16.9 Å². The molecule has 0 atom stereocenters. The minimum atomic E-state index is 0.770. The Kier molecular flexibility index (Phi) is 3.93. The Morgan fingerprint density at radius 2 is 1.89 bits per heavy atom. The fourth-order valence-corrected chi connectivity index (χ4v) is 4.18. The van der Waals surface area contributed by atoms with Crippen LogP contribution in [0.3, 0.4) is 0 Å². The van der Waals surface area contributed by atoms with Crippen LogP contribution < -0.4 is 4.74 Å². The third kappa shape index (κ3) is 2.80. The maximum atomic E-state index is 5.29. The number of methoxy groups -OCH3 is 1. The molecule has 0 unspecified atom stereocenters. The van der Waals surface area contributed by atoms with Crippen LogP contribution in [0.1, 0.15) is 28.8 Å². The van der Waals surface area contributed by atoms with Crippen LogP contribution in [0.2, 0.25) is 0 Å². The van der Waals surface area contributed by atoms with Crippen LogP contribution in [-0.2, 0) is 19.4 Å². The van der Waals surface area contributed by atoms with E-state index in [4.69, 9.17) is 9.84 Å². The molecule has 0 saturated heterocycles. The topological polar surface area (TPSA) is 27.1 Å². The van der Waals surface area contributed by atoms with E-state index in [0.29, 0.717) is 0 Å². The summed E-state index contributed by atoms with van der Waals surface area (Å²) in [6.45, 7) is 0.770. The summed E-state index contributed by atoms with van der Waals surface area (Å²) in [6, 6.07) is 17.0. The Hall–Kier alpha value is -3.07. The van der Waals surface area contributed by atoms with Crippen LogP contribution in [0.5, 0.6) is 5.75 Å². The number of nitrogens with zero attached hydrogens (tertiary/aromatic N) is 2. The molecule has 0 spiro atoms. The molecule has 2 aliphatic carbocycles. The van der Waals surface area contributed by atoms with Crippen molar-refractivity contribution >= 4 is 5.57 Å². The summed E-state index contributed by atoms with van der Waals surface area (Å²) in [5.74, 6) is 0.885. The number of fused-ring (bicyclic) bond motifs is 3. The Bertz CT molecular complexity index is 1050. The molecule has 1 heterocycles. The van der Waals surface area contributed by atoms with Crippen molar-refractivity contribution in [1.82, 2.24) is 9.78 Å². The van der Waals surface area contributed by atoms with Gasteiger partial charge in [0, 0.05) is 11.1 Å². The van der Waals surface area contributed by atoms with E-state index >= 15 is 0 Å². The number of hydrogen-bond donors (Lipinski definition) is 0. The maximum Gasteiger partial charge on any atom is 0.118 e. The first kappa shape index (κ1) is 16.1. The number of ether oxygens (including phenoxy) is 1. The quantitative estimate of drug-likeness (QED) is 0.656. The van der Waals surface area contributed by atoms with Crippen molar-refractivity contribution in [2.45, 2.75) is 25.8 Å². The summed E-state index contributed by atoms with van der Waals surface area (Å²) in [7, 11) is 1.70. The lowest BCUT2D eigenvalue weighted by Gasteiger charge is -2.16. The molecule has 1 aromatic heterocycles. The first-order valence-corrected chi connectivity index (χ1v) is 9.50. The zero-order valence-electron chi connectivity index (χ0n) is 15.5. The summed E-state index contributed by atoms with van der Waals surface area (Å²) in [5, 5.41) is 5.09. The Labute approximate surface area is 159 Å². The molecular formula is C24H22N2O. The molecule has 5 rings (SSSR count). The van der Waals surface area contributed by atoms with Gasteiger partial charge in [0.05, 0.1) is 25.0 Å². The highest BCUT2D eigenvalue weighted by Gasteiger charge is 2.26. The van der Waals surface area contributed by atoms with E-state index in [-0.39, 0.29) is 0 Å². The predicted molar refractivity (Wildman–Crippen MR) is 109 cm³/mol. The minimum Gasteiger partial charge on any atom is -0.497 e. The second-order valence-corrected chi connectivity index (χ2v) is 7.16. The average Bonchev–Trinajstić information content (AvgIpc) is 3.36. The number of rotatable bonds is 4. The molecule has 134 valence electrons. The molecule has 0 bridgehead atoms. The normalized spacial score (nSPS) is 14.6. The molecule has 0 aliphatic heterocycles. The van der Waals surface area contributed by atoms with Crippen molar-refractivity contribution < 1.29 is 4.74 Å². The highest BCUT2D eigenvalue weighted by Crippen LogP contribution is 2.38. The summed E-state index contributed by atoms with van der Waals surface area (Å²) in [4.78, 5) is 0. The largest absolute Gasteiger partial charge is 0.497 e. The zero-order chi connectivity index (χ0) is 18.2. The van der Waals surface area contributed by atoms with Gasteiger partial charge in [-0.15, -0.1) is 0 Å². The fourth-order valence-electron chi connectivity index (χ4n) is 4.18. The lowest BCUT2D eigenvalue weighted by Crippen LogP contribution is -2.07. The van der Waals surface area contributed by atoms with Crippen molar-refractivity contribution in [1.29, 1.82) is 0 Å². The van der Waals surface area contributed by atoms with Gasteiger partial charge in [0.1, 0.15) is 5.75 Å². The fraction of sp³-hybridized carbons (Fsp3) is 0.208. The van der Waals surface area contributed by atoms with Crippen LogP contribution in [0.25, 0.3) is 16.8 Å². The van der Waals surface area contributed by atoms with Gasteiger partial charge < -0.3 is 4.74 Å². The monoisotopic (exact) mass is 354 g/mol. The average molecular weight is 354 g/mol. The molecule has 0 fully saturated rings. The summed E-state index contributed by atoms with van der Waals surface area (Å²) >= 11 is 0. The van der Waals surface area contributed by atoms with E-state index < -0.39 is 0 Å². The highest BCUT2D eigenvalue weighted by molar-refractivity contribution is 5.79. The Morgan fingerprint density at radius 3 is 2.67 bits per heavy atom. The van der Waals surface area contributed by atoms with Crippen LogP contribution in [0, 0.1) is 0 Å². The molecule has 0 radical (unpaired) electrons. The zero-order valence-corrected chi connectivity index (χ0v) is 15.5. The molecular weight excluding hydrogens is 332 g/mol. The Morgan fingerprint density at radius 1 is 1.04 bits per heavy atom. The standard InChI is InChI=1S/C24H22N2O/c1-27-20-13-10-17(11-14-20)16-26-24(19-7-2-3-8-19)22-15-12-18-6-4-5-9-21(18)23(22)25-26/h2-7,9-11,13-14H,8,12,15-16H2,1H3. The van der Waals surface area contributed by atoms with Crippen molar-refractivity contribution in [2.75, 3.05) is 7.11 Å². The van der Waals surface area contributed by atoms with Gasteiger partial charge in [-0.3, -0.25) is 4.68 Å². The summed E-state index contributed by atoms with van der Waals surface area (Å²) in [5.41, 5.74) is 9.17. The summed E-state index contributed by atoms with van der Waals surface area (Å²) < 4.78 is 7.49. The first-order chi connectivity index (χ1) is 13.3. The van der Waals surface area contributed by atoms with E-state index in [1.807, 2.05) is 12.1 Å². The summed E-state index contributed by atoms with van der Waals surface area (Å²) in [6.07, 6.45) is 9.75. The van der Waals surface area contributed by atoms with E-state index in [0.717, 1.165) is 37.3 Å². The van der Waals surface area contributed by atoms with Gasteiger partial charge >= 0.3 is 0 Å². The highest BCUT2D eigenvalue weighted by atomic mass is 16.5. The SMILES string of the molecule is COc1ccc(Cn2nc3c(c2C2=CC=CC2)CCc2ccccc2-3)cc1. The third-order valence-electron chi connectivity index (χ3n) is 5.53. The predicted octanol–water partition coefficient (Wildman–Crippen LogP) is 5.05. The van der Waals surface area contributed by atoms with Crippen molar-refractivity contribution in [3.8, 4) is 17.0 Å². The van der Waals surface area contributed by atoms with Gasteiger partial charge in [-0.05, 0) is 48.1 Å². The van der Waals surface area contributed by atoms with Crippen molar-refractivity contribution in [3.05, 3.63) is 89.1 Å². The second-order valence-electron chi connectivity index (χ2n) is 7.16. The van der Waals surface area contributed by atoms with Crippen molar-refractivity contribution in [3.63, 3.8) is 0 Å². The number of allylic oxidation sites excluding steroid dienone is 4. The van der Waals surface area contributed by atoms with Crippen molar-refractivity contribution in [2.24, 2.45) is 0 Å². The van der Waals surface area contributed by atoms with E-state index in [2.05, 4.69) is 59.3 Å². The molecule has 0 amide bonds. The van der Waals surface area contributed by atoms with Gasteiger partial charge in [0.2, 0.25) is 0 Å². The van der Waals surface area contributed by atoms with Gasteiger partial charge in [-0.2, -0.15) is 5.10 Å². The van der Waals surface area contributed by atoms with Crippen LogP contribution >= 0.6 is 0 Å². The molecule has 0 saturated carbocycles. The smallest absolute Gasteiger partial charge is 0.118 e. The van der Waals surface area contributed by atoms with Gasteiger partial charge in [0.15, 0.2) is 0 Å². The van der Waals surface area contributed by atoms with Crippen LogP contribution in [0.4, 0.5) is 0 Å².